The Balaban J connectivity index is 1.86. The number of aromatic carboxylic acids is 2. The third kappa shape index (κ3) is 4.54. The minimum absolute atomic E-state index is 0.274. The third-order valence-electron chi connectivity index (χ3n) is 2.65. The second-order valence-corrected chi connectivity index (χ2v) is 6.53. The summed E-state index contributed by atoms with van der Waals surface area (Å²) in [5.74, 6) is -1.86. The zero-order valence-corrected chi connectivity index (χ0v) is 12.5. The minimum Gasteiger partial charge on any atom is -0.478 e. The van der Waals surface area contributed by atoms with Crippen LogP contribution in [0.3, 0.4) is 0 Å². The number of benzene rings is 2. The first-order valence-corrected chi connectivity index (χ1v) is 7.95. The Labute approximate surface area is 130 Å². The van der Waals surface area contributed by atoms with Gasteiger partial charge in [-0.3, -0.25) is 0 Å². The van der Waals surface area contributed by atoms with Crippen molar-refractivity contribution in [3.05, 3.63) is 59.7 Å². The molecule has 0 aromatic heterocycles. The molecule has 4 nitrogen and oxygen atoms in total. The van der Waals surface area contributed by atoms with Crippen molar-refractivity contribution in [1.29, 1.82) is 0 Å². The van der Waals surface area contributed by atoms with E-state index in [1.807, 2.05) is 0 Å². The predicted molar refractivity (Wildman–Crippen MR) is 83.4 cm³/mol. The van der Waals surface area contributed by atoms with Crippen LogP contribution in [-0.2, 0) is 0 Å². The average Bonchev–Trinajstić information content (AvgIpc) is 2.48. The molecule has 0 bridgehead atoms. The van der Waals surface area contributed by atoms with Crippen molar-refractivity contribution in [2.75, 3.05) is 5.08 Å². The van der Waals surface area contributed by atoms with Crippen LogP contribution >= 0.6 is 23.5 Å². The summed E-state index contributed by atoms with van der Waals surface area (Å²) in [5.41, 5.74) is 0.549. The molecule has 0 spiro atoms. The number of hydrogen-bond acceptors (Lipinski definition) is 4. The van der Waals surface area contributed by atoms with Gasteiger partial charge in [-0.05, 0) is 48.5 Å². The molecule has 0 aliphatic carbocycles. The number of carboxylic acids is 2. The summed E-state index contributed by atoms with van der Waals surface area (Å²) >= 11 is 3.20. The molecule has 0 aliphatic heterocycles. The highest BCUT2D eigenvalue weighted by molar-refractivity contribution is 8.16. The lowest BCUT2D eigenvalue weighted by atomic mass is 10.2. The molecule has 0 unspecified atom stereocenters. The maximum atomic E-state index is 10.7. The zero-order chi connectivity index (χ0) is 15.2. The van der Waals surface area contributed by atoms with Gasteiger partial charge in [-0.2, -0.15) is 0 Å². The van der Waals surface area contributed by atoms with Crippen molar-refractivity contribution in [2.24, 2.45) is 0 Å². The number of carboxylic acid groups (broad SMARTS) is 2. The first kappa shape index (κ1) is 15.5. The van der Waals surface area contributed by atoms with Crippen molar-refractivity contribution < 1.29 is 19.8 Å². The Kier molecular flexibility index (Phi) is 5.30. The van der Waals surface area contributed by atoms with Gasteiger partial charge in [-0.25, -0.2) is 9.59 Å². The van der Waals surface area contributed by atoms with Crippen LogP contribution in [0.2, 0.25) is 0 Å². The molecular weight excluding hydrogens is 308 g/mol. The maximum absolute atomic E-state index is 10.7. The van der Waals surface area contributed by atoms with Crippen LogP contribution in [0, 0.1) is 0 Å². The fourth-order valence-electron chi connectivity index (χ4n) is 1.55. The molecule has 0 aliphatic rings. The van der Waals surface area contributed by atoms with E-state index in [1.54, 1.807) is 72.1 Å². The topological polar surface area (TPSA) is 74.6 Å². The van der Waals surface area contributed by atoms with Crippen molar-refractivity contribution in [1.82, 2.24) is 0 Å². The standard InChI is InChI=1S/C15H12O4S2/c16-14(17)10-1-5-12(6-2-10)20-9-21-13-7-3-11(4-8-13)15(18)19/h1-8H,9H2,(H,16,17)(H,18,19). The second kappa shape index (κ2) is 7.19. The fourth-order valence-corrected chi connectivity index (χ4v) is 3.53. The van der Waals surface area contributed by atoms with Gasteiger partial charge in [-0.1, -0.05) is 0 Å². The summed E-state index contributed by atoms with van der Waals surface area (Å²) < 4.78 is 0. The smallest absolute Gasteiger partial charge is 0.335 e. The minimum atomic E-state index is -0.931. The summed E-state index contributed by atoms with van der Waals surface area (Å²) in [7, 11) is 0. The molecule has 0 heterocycles. The Bertz CT molecular complexity index is 578. The lowest BCUT2D eigenvalue weighted by molar-refractivity contribution is 0.0686. The van der Waals surface area contributed by atoms with Gasteiger partial charge in [0, 0.05) is 14.9 Å². The van der Waals surface area contributed by atoms with Crippen LogP contribution in [0.15, 0.2) is 58.3 Å². The van der Waals surface area contributed by atoms with Crippen LogP contribution < -0.4 is 0 Å². The molecular formula is C15H12O4S2. The number of thioether (sulfide) groups is 2. The largest absolute Gasteiger partial charge is 0.478 e. The van der Waals surface area contributed by atoms with Crippen LogP contribution in [-0.4, -0.2) is 27.2 Å². The van der Waals surface area contributed by atoms with E-state index >= 15 is 0 Å². The van der Waals surface area contributed by atoms with Gasteiger partial charge in [0.1, 0.15) is 0 Å². The maximum Gasteiger partial charge on any atom is 0.335 e. The highest BCUT2D eigenvalue weighted by Crippen LogP contribution is 2.28. The van der Waals surface area contributed by atoms with Gasteiger partial charge in [0.05, 0.1) is 11.1 Å². The first-order valence-electron chi connectivity index (χ1n) is 5.98. The van der Waals surface area contributed by atoms with E-state index in [0.29, 0.717) is 0 Å². The van der Waals surface area contributed by atoms with E-state index in [1.165, 1.54) is 0 Å². The highest BCUT2D eigenvalue weighted by Gasteiger charge is 2.04. The van der Waals surface area contributed by atoms with Crippen molar-refractivity contribution >= 4 is 35.5 Å². The monoisotopic (exact) mass is 320 g/mol. The molecule has 0 saturated heterocycles. The molecule has 2 aromatic carbocycles. The Hall–Kier alpha value is -1.92. The van der Waals surface area contributed by atoms with Crippen LogP contribution in [0.4, 0.5) is 0 Å². The van der Waals surface area contributed by atoms with Gasteiger partial charge < -0.3 is 10.2 Å². The van der Waals surface area contributed by atoms with Crippen LogP contribution in [0.1, 0.15) is 20.7 Å². The van der Waals surface area contributed by atoms with E-state index in [-0.39, 0.29) is 11.1 Å². The van der Waals surface area contributed by atoms with Crippen molar-refractivity contribution in [3.8, 4) is 0 Å². The second-order valence-electron chi connectivity index (χ2n) is 4.07. The molecule has 6 heteroatoms. The number of hydrogen-bond donors (Lipinski definition) is 2. The molecule has 0 radical (unpaired) electrons. The SMILES string of the molecule is O=C(O)c1ccc(SCSc2ccc(C(=O)O)cc2)cc1. The third-order valence-corrected chi connectivity index (χ3v) is 4.81. The van der Waals surface area contributed by atoms with E-state index < -0.39 is 11.9 Å². The molecule has 0 atom stereocenters. The quantitative estimate of drug-likeness (QED) is 0.620. The van der Waals surface area contributed by atoms with Gasteiger partial charge in [0.15, 0.2) is 0 Å². The molecule has 2 N–H and O–H groups in total. The van der Waals surface area contributed by atoms with Gasteiger partial charge in [0.2, 0.25) is 0 Å². The van der Waals surface area contributed by atoms with E-state index in [2.05, 4.69) is 0 Å². The molecule has 0 amide bonds. The number of carbonyl (C=O) groups is 2. The van der Waals surface area contributed by atoms with Gasteiger partial charge >= 0.3 is 11.9 Å². The zero-order valence-electron chi connectivity index (χ0n) is 10.9. The fraction of sp³-hybridized carbons (Fsp3) is 0.0667. The van der Waals surface area contributed by atoms with Gasteiger partial charge in [0.25, 0.3) is 0 Å². The van der Waals surface area contributed by atoms with E-state index in [0.717, 1.165) is 14.9 Å². The lowest BCUT2D eigenvalue weighted by Crippen LogP contribution is -1.95. The Morgan fingerprint density at radius 1 is 0.714 bits per heavy atom. The molecule has 0 fully saturated rings. The van der Waals surface area contributed by atoms with Crippen LogP contribution in [0.5, 0.6) is 0 Å². The Morgan fingerprint density at radius 3 is 1.33 bits per heavy atom. The first-order chi connectivity index (χ1) is 10.1. The molecule has 0 saturated carbocycles. The summed E-state index contributed by atoms with van der Waals surface area (Å²) in [5, 5.41) is 18.4. The van der Waals surface area contributed by atoms with E-state index in [4.69, 9.17) is 10.2 Å². The summed E-state index contributed by atoms with van der Waals surface area (Å²) in [6.45, 7) is 0. The normalized spacial score (nSPS) is 10.3. The van der Waals surface area contributed by atoms with E-state index in [9.17, 15) is 9.59 Å². The molecule has 21 heavy (non-hydrogen) atoms. The molecule has 108 valence electrons. The lowest BCUT2D eigenvalue weighted by Gasteiger charge is -2.03. The van der Waals surface area contributed by atoms with Crippen LogP contribution in [0.25, 0.3) is 0 Å². The summed E-state index contributed by atoms with van der Waals surface area (Å²) in [4.78, 5) is 23.5. The Morgan fingerprint density at radius 2 is 1.05 bits per heavy atom. The number of rotatable bonds is 6. The molecule has 2 aromatic rings. The summed E-state index contributed by atoms with van der Waals surface area (Å²) in [6.07, 6.45) is 0. The van der Waals surface area contributed by atoms with Crippen molar-refractivity contribution in [3.63, 3.8) is 0 Å². The molecule has 2 rings (SSSR count). The van der Waals surface area contributed by atoms with Crippen molar-refractivity contribution in [2.45, 2.75) is 9.79 Å². The predicted octanol–water partition coefficient (Wildman–Crippen LogP) is 3.92. The van der Waals surface area contributed by atoms with Gasteiger partial charge in [-0.15, -0.1) is 23.5 Å². The highest BCUT2D eigenvalue weighted by atomic mass is 32.2. The average molecular weight is 320 g/mol. The summed E-state index contributed by atoms with van der Waals surface area (Å²) in [6, 6.07) is 13.4.